The van der Waals surface area contributed by atoms with E-state index >= 15 is 0 Å². The maximum atomic E-state index is 12.3. The van der Waals surface area contributed by atoms with Gasteiger partial charge in [-0.1, -0.05) is 29.4 Å². The molecule has 1 aromatic carbocycles. The van der Waals surface area contributed by atoms with Gasteiger partial charge in [0, 0.05) is 5.56 Å². The molecule has 80 valence electrons. The first-order chi connectivity index (χ1) is 7.77. The number of carbonyl (C=O) groups is 1. The van der Waals surface area contributed by atoms with E-state index in [-0.39, 0.29) is 5.78 Å². The smallest absolute Gasteiger partial charge is 0.198 e. The van der Waals surface area contributed by atoms with Crippen molar-refractivity contribution in [2.75, 3.05) is 0 Å². The van der Waals surface area contributed by atoms with E-state index in [9.17, 15) is 4.79 Å². The van der Waals surface area contributed by atoms with Gasteiger partial charge in [-0.15, -0.1) is 0 Å². The molecule has 0 atom stereocenters. The Labute approximate surface area is 93.1 Å². The van der Waals surface area contributed by atoms with Crippen LogP contribution in [0.1, 0.15) is 32.9 Å². The first-order valence-corrected chi connectivity index (χ1v) is 5.35. The number of rotatable bonds is 0. The summed E-state index contributed by atoms with van der Waals surface area (Å²) in [4.78, 5) is 12.3. The molecule has 2 aromatic rings. The number of aryl methyl sites for hydroxylation is 3. The Morgan fingerprint density at radius 2 is 2.06 bits per heavy atom. The average Bonchev–Trinajstić information content (AvgIpc) is 2.60. The Morgan fingerprint density at radius 3 is 2.94 bits per heavy atom. The van der Waals surface area contributed by atoms with Gasteiger partial charge in [0.25, 0.3) is 0 Å². The zero-order valence-electron chi connectivity index (χ0n) is 8.99. The van der Waals surface area contributed by atoms with Crippen molar-refractivity contribution in [3.8, 4) is 0 Å². The zero-order valence-corrected chi connectivity index (χ0v) is 8.99. The highest BCUT2D eigenvalue weighted by atomic mass is 16.5. The van der Waals surface area contributed by atoms with E-state index in [4.69, 9.17) is 4.52 Å². The van der Waals surface area contributed by atoms with Crippen LogP contribution in [0.5, 0.6) is 0 Å². The molecule has 0 fully saturated rings. The monoisotopic (exact) mass is 213 g/mol. The molecule has 0 unspecified atom stereocenters. The Kier molecular flexibility index (Phi) is 1.93. The van der Waals surface area contributed by atoms with Crippen molar-refractivity contribution in [2.45, 2.75) is 19.8 Å². The van der Waals surface area contributed by atoms with Gasteiger partial charge in [0.1, 0.15) is 5.76 Å². The summed E-state index contributed by atoms with van der Waals surface area (Å²) in [6.07, 6.45) is 1.62. The lowest BCUT2D eigenvalue weighted by atomic mass is 10.00. The quantitative estimate of drug-likeness (QED) is 0.674. The molecule has 0 N–H and O–H groups in total. The Balaban J connectivity index is 2.24. The molecule has 0 bridgehead atoms. The van der Waals surface area contributed by atoms with Crippen LogP contribution in [0.15, 0.2) is 28.8 Å². The summed E-state index contributed by atoms with van der Waals surface area (Å²) in [5.41, 5.74) is 3.33. The van der Waals surface area contributed by atoms with Gasteiger partial charge in [-0.05, 0) is 25.3 Å². The van der Waals surface area contributed by atoms with Crippen molar-refractivity contribution in [3.63, 3.8) is 0 Å². The molecule has 1 aliphatic rings. The van der Waals surface area contributed by atoms with Crippen LogP contribution in [-0.2, 0) is 12.8 Å². The van der Waals surface area contributed by atoms with Gasteiger partial charge < -0.3 is 4.52 Å². The first kappa shape index (κ1) is 9.33. The van der Waals surface area contributed by atoms with Crippen LogP contribution in [0, 0.1) is 6.92 Å². The predicted octanol–water partition coefficient (Wildman–Crippen LogP) is 2.31. The van der Waals surface area contributed by atoms with Gasteiger partial charge in [-0.2, -0.15) is 0 Å². The SMILES string of the molecule is Cc1onc2c1C(=O)c1ccccc1CC2. The summed E-state index contributed by atoms with van der Waals surface area (Å²) in [7, 11) is 0. The Bertz CT molecular complexity index is 569. The normalized spacial score (nSPS) is 14.2. The highest BCUT2D eigenvalue weighted by molar-refractivity contribution is 6.11. The lowest BCUT2D eigenvalue weighted by molar-refractivity contribution is 0.103. The fourth-order valence-electron chi connectivity index (χ4n) is 2.23. The third-order valence-corrected chi connectivity index (χ3v) is 3.05. The van der Waals surface area contributed by atoms with Gasteiger partial charge in [0.05, 0.1) is 11.3 Å². The summed E-state index contributed by atoms with van der Waals surface area (Å²) < 4.78 is 5.09. The van der Waals surface area contributed by atoms with Crippen molar-refractivity contribution >= 4 is 5.78 Å². The van der Waals surface area contributed by atoms with E-state index in [0.717, 1.165) is 29.7 Å². The second-order valence-electron chi connectivity index (χ2n) is 4.05. The molecule has 1 aromatic heterocycles. The van der Waals surface area contributed by atoms with E-state index < -0.39 is 0 Å². The van der Waals surface area contributed by atoms with Crippen LogP contribution in [0.25, 0.3) is 0 Å². The van der Waals surface area contributed by atoms with Crippen LogP contribution < -0.4 is 0 Å². The van der Waals surface area contributed by atoms with Crippen molar-refractivity contribution in [1.82, 2.24) is 5.16 Å². The lowest BCUT2D eigenvalue weighted by Gasteiger charge is -2.02. The molecule has 3 nitrogen and oxygen atoms in total. The maximum Gasteiger partial charge on any atom is 0.198 e. The van der Waals surface area contributed by atoms with E-state index in [2.05, 4.69) is 5.16 Å². The zero-order chi connectivity index (χ0) is 11.1. The van der Waals surface area contributed by atoms with E-state index in [1.807, 2.05) is 24.3 Å². The van der Waals surface area contributed by atoms with Crippen molar-refractivity contribution in [2.24, 2.45) is 0 Å². The third-order valence-electron chi connectivity index (χ3n) is 3.05. The van der Waals surface area contributed by atoms with Gasteiger partial charge >= 0.3 is 0 Å². The number of carbonyl (C=O) groups excluding carboxylic acids is 1. The molecule has 0 amide bonds. The fourth-order valence-corrected chi connectivity index (χ4v) is 2.23. The molecule has 0 saturated heterocycles. The van der Waals surface area contributed by atoms with Crippen molar-refractivity contribution < 1.29 is 9.32 Å². The maximum absolute atomic E-state index is 12.3. The number of nitrogens with zero attached hydrogens (tertiary/aromatic N) is 1. The van der Waals surface area contributed by atoms with Crippen LogP contribution >= 0.6 is 0 Å². The van der Waals surface area contributed by atoms with Crippen LogP contribution in [-0.4, -0.2) is 10.9 Å². The first-order valence-electron chi connectivity index (χ1n) is 5.35. The average molecular weight is 213 g/mol. The summed E-state index contributed by atoms with van der Waals surface area (Å²) in [5, 5.41) is 3.95. The minimum absolute atomic E-state index is 0.0434. The molecule has 0 radical (unpaired) electrons. The van der Waals surface area contributed by atoms with Crippen LogP contribution in [0.4, 0.5) is 0 Å². The number of aromatic nitrogens is 1. The number of hydrogen-bond donors (Lipinski definition) is 0. The van der Waals surface area contributed by atoms with Crippen molar-refractivity contribution in [1.29, 1.82) is 0 Å². The minimum Gasteiger partial charge on any atom is -0.361 e. The van der Waals surface area contributed by atoms with E-state index in [1.165, 1.54) is 0 Å². The fraction of sp³-hybridized carbons (Fsp3) is 0.231. The van der Waals surface area contributed by atoms with E-state index in [0.29, 0.717) is 11.3 Å². The standard InChI is InChI=1S/C13H11NO2/c1-8-12-11(14-16-8)7-6-9-4-2-3-5-10(9)13(12)15/h2-5H,6-7H2,1H3. The molecular weight excluding hydrogens is 202 g/mol. The number of fused-ring (bicyclic) bond motifs is 2. The Hall–Kier alpha value is -1.90. The van der Waals surface area contributed by atoms with Gasteiger partial charge in [-0.25, -0.2) is 0 Å². The van der Waals surface area contributed by atoms with Crippen molar-refractivity contribution in [3.05, 3.63) is 52.4 Å². The topological polar surface area (TPSA) is 43.1 Å². The van der Waals surface area contributed by atoms with Gasteiger partial charge in [0.15, 0.2) is 5.78 Å². The molecule has 0 saturated carbocycles. The van der Waals surface area contributed by atoms with Gasteiger partial charge in [-0.3, -0.25) is 4.79 Å². The molecule has 3 heteroatoms. The molecule has 3 rings (SSSR count). The summed E-state index contributed by atoms with van der Waals surface area (Å²) in [6, 6.07) is 7.74. The molecule has 0 spiro atoms. The molecule has 1 heterocycles. The minimum atomic E-state index is 0.0434. The number of benzene rings is 1. The summed E-state index contributed by atoms with van der Waals surface area (Å²) in [6.45, 7) is 1.79. The Morgan fingerprint density at radius 1 is 1.25 bits per heavy atom. The molecule has 1 aliphatic carbocycles. The highest BCUT2D eigenvalue weighted by Crippen LogP contribution is 2.25. The molecule has 16 heavy (non-hydrogen) atoms. The number of ketones is 1. The lowest BCUT2D eigenvalue weighted by Crippen LogP contribution is -2.03. The van der Waals surface area contributed by atoms with Gasteiger partial charge in [0.2, 0.25) is 0 Å². The van der Waals surface area contributed by atoms with E-state index in [1.54, 1.807) is 6.92 Å². The summed E-state index contributed by atoms with van der Waals surface area (Å²) >= 11 is 0. The predicted molar refractivity (Wildman–Crippen MR) is 58.5 cm³/mol. The highest BCUT2D eigenvalue weighted by Gasteiger charge is 2.26. The van der Waals surface area contributed by atoms with Crippen LogP contribution in [0.3, 0.4) is 0 Å². The number of hydrogen-bond acceptors (Lipinski definition) is 3. The second-order valence-corrected chi connectivity index (χ2v) is 4.05. The third kappa shape index (κ3) is 1.21. The molecule has 0 aliphatic heterocycles. The largest absolute Gasteiger partial charge is 0.361 e. The second kappa shape index (κ2) is 3.30. The molecular formula is C13H11NO2. The van der Waals surface area contributed by atoms with Crippen LogP contribution in [0.2, 0.25) is 0 Å². The summed E-state index contributed by atoms with van der Waals surface area (Å²) in [5.74, 6) is 0.665.